The molecule has 3 heterocycles. The molecule has 2 fully saturated rings. The summed E-state index contributed by atoms with van der Waals surface area (Å²) in [6, 6.07) is 16.0. The van der Waals surface area contributed by atoms with E-state index in [0.29, 0.717) is 36.4 Å². The quantitative estimate of drug-likeness (QED) is 0.243. The van der Waals surface area contributed by atoms with Crippen LogP contribution in [0.1, 0.15) is 50.8 Å². The highest BCUT2D eigenvalue weighted by atomic mass is 16.5. The highest BCUT2D eigenvalue weighted by molar-refractivity contribution is 5.85. The number of carbonyl (C=O) groups excluding carboxylic acids is 1. The van der Waals surface area contributed by atoms with Gasteiger partial charge in [0.25, 0.3) is 0 Å². The van der Waals surface area contributed by atoms with Gasteiger partial charge < -0.3 is 28.4 Å². The molecule has 4 aromatic rings. The number of ether oxygens (including phenoxy) is 4. The van der Waals surface area contributed by atoms with Crippen LogP contribution in [0.3, 0.4) is 0 Å². The van der Waals surface area contributed by atoms with Crippen LogP contribution in [0.25, 0.3) is 22.3 Å². The van der Waals surface area contributed by atoms with E-state index in [1.807, 2.05) is 66.7 Å². The van der Waals surface area contributed by atoms with Crippen LogP contribution in [0.2, 0.25) is 0 Å². The maximum absolute atomic E-state index is 13.1. The summed E-state index contributed by atoms with van der Waals surface area (Å²) in [4.78, 5) is 24.8. The molecule has 0 radical (unpaired) electrons. The molecule has 1 aliphatic carbocycles. The van der Waals surface area contributed by atoms with E-state index < -0.39 is 0 Å². The standard InChI is InChI=1S/C32H36N4O5/c1-19(21-6-11-25(38-3)12-7-21)35-17-23(15-30(35)37)20(2)41-32-31-27(33-18-36(31)24-9-10-24)16-26(34-32)22-8-13-28(39-4)29(14-22)40-5/h6-8,11-14,16,18-20,23-24H,9-10,15,17H2,1-5H3/t19-,20-,23?/m1/s1. The van der Waals surface area contributed by atoms with E-state index in [-0.39, 0.29) is 24.0 Å². The van der Waals surface area contributed by atoms with Crippen LogP contribution in [-0.4, -0.2) is 59.3 Å². The van der Waals surface area contributed by atoms with Gasteiger partial charge in [0.05, 0.1) is 44.9 Å². The van der Waals surface area contributed by atoms with Gasteiger partial charge in [0.1, 0.15) is 17.4 Å². The lowest BCUT2D eigenvalue weighted by Gasteiger charge is -2.27. The number of pyridine rings is 1. The summed E-state index contributed by atoms with van der Waals surface area (Å²) in [5.74, 6) is 2.78. The monoisotopic (exact) mass is 556 g/mol. The van der Waals surface area contributed by atoms with Crippen molar-refractivity contribution in [3.63, 3.8) is 0 Å². The van der Waals surface area contributed by atoms with Gasteiger partial charge in [-0.05, 0) is 68.7 Å². The largest absolute Gasteiger partial charge is 0.497 e. The van der Waals surface area contributed by atoms with Crippen molar-refractivity contribution in [3.05, 3.63) is 60.4 Å². The number of hydrogen-bond acceptors (Lipinski definition) is 7. The first-order valence-electron chi connectivity index (χ1n) is 14.1. The Morgan fingerprint density at radius 1 is 0.927 bits per heavy atom. The average Bonchev–Trinajstić information content (AvgIpc) is 3.63. The molecule has 0 bridgehead atoms. The molecule has 3 atom stereocenters. The number of benzene rings is 2. The van der Waals surface area contributed by atoms with Gasteiger partial charge in [-0.1, -0.05) is 12.1 Å². The van der Waals surface area contributed by atoms with E-state index in [1.54, 1.807) is 21.3 Å². The minimum Gasteiger partial charge on any atom is -0.497 e. The number of aromatic nitrogens is 3. The number of fused-ring (bicyclic) bond motifs is 1. The Kier molecular flexibility index (Phi) is 7.19. The first-order chi connectivity index (χ1) is 19.9. The molecule has 2 aromatic heterocycles. The number of rotatable bonds is 10. The maximum atomic E-state index is 13.1. The normalized spacial score (nSPS) is 18.4. The van der Waals surface area contributed by atoms with Gasteiger partial charge in [0, 0.05) is 30.5 Å². The highest BCUT2D eigenvalue weighted by Gasteiger charge is 2.37. The second-order valence-electron chi connectivity index (χ2n) is 10.9. The van der Waals surface area contributed by atoms with E-state index in [9.17, 15) is 4.79 Å². The summed E-state index contributed by atoms with van der Waals surface area (Å²) in [7, 11) is 4.89. The topological polar surface area (TPSA) is 87.9 Å². The molecule has 1 unspecified atom stereocenters. The van der Waals surface area contributed by atoms with Crippen molar-refractivity contribution in [1.29, 1.82) is 0 Å². The summed E-state index contributed by atoms with van der Waals surface area (Å²) in [5, 5.41) is 0. The lowest BCUT2D eigenvalue weighted by molar-refractivity contribution is -0.129. The predicted octanol–water partition coefficient (Wildman–Crippen LogP) is 5.84. The number of hydrogen-bond donors (Lipinski definition) is 0. The molecule has 1 amide bonds. The molecule has 2 aliphatic rings. The Bertz CT molecular complexity index is 1560. The number of methoxy groups -OCH3 is 3. The Morgan fingerprint density at radius 2 is 1.68 bits per heavy atom. The van der Waals surface area contributed by atoms with Gasteiger partial charge >= 0.3 is 0 Å². The molecule has 214 valence electrons. The fourth-order valence-electron chi connectivity index (χ4n) is 5.66. The molecule has 41 heavy (non-hydrogen) atoms. The van der Waals surface area contributed by atoms with Crippen LogP contribution in [0.4, 0.5) is 0 Å². The maximum Gasteiger partial charge on any atom is 0.241 e. The van der Waals surface area contributed by atoms with Crippen LogP contribution in [-0.2, 0) is 4.79 Å². The summed E-state index contributed by atoms with van der Waals surface area (Å²) in [6.07, 6.45) is 4.32. The van der Waals surface area contributed by atoms with Crippen molar-refractivity contribution in [2.24, 2.45) is 5.92 Å². The smallest absolute Gasteiger partial charge is 0.241 e. The molecule has 1 saturated carbocycles. The number of amides is 1. The highest BCUT2D eigenvalue weighted by Crippen LogP contribution is 2.41. The second kappa shape index (κ2) is 11.0. The first-order valence-corrected chi connectivity index (χ1v) is 14.1. The number of nitrogens with zero attached hydrogens (tertiary/aromatic N) is 4. The molecular formula is C32H36N4O5. The van der Waals surface area contributed by atoms with Crippen LogP contribution in [0.15, 0.2) is 54.9 Å². The van der Waals surface area contributed by atoms with Crippen molar-refractivity contribution < 1.29 is 23.7 Å². The van der Waals surface area contributed by atoms with Crippen molar-refractivity contribution >= 4 is 16.9 Å². The van der Waals surface area contributed by atoms with Gasteiger partial charge in [-0.15, -0.1) is 0 Å². The molecule has 0 spiro atoms. The molecule has 9 nitrogen and oxygen atoms in total. The third-order valence-corrected chi connectivity index (χ3v) is 8.36. The second-order valence-corrected chi connectivity index (χ2v) is 10.9. The number of carbonyl (C=O) groups is 1. The molecular weight excluding hydrogens is 520 g/mol. The van der Waals surface area contributed by atoms with Crippen molar-refractivity contribution in [1.82, 2.24) is 19.4 Å². The molecule has 6 rings (SSSR count). The molecule has 1 aliphatic heterocycles. The molecule has 2 aromatic carbocycles. The van der Waals surface area contributed by atoms with Crippen molar-refractivity contribution in [2.75, 3.05) is 27.9 Å². The van der Waals surface area contributed by atoms with Gasteiger partial charge in [-0.2, -0.15) is 0 Å². The van der Waals surface area contributed by atoms with Crippen LogP contribution < -0.4 is 18.9 Å². The summed E-state index contributed by atoms with van der Waals surface area (Å²) in [6.45, 7) is 4.72. The third kappa shape index (κ3) is 5.16. The van der Waals surface area contributed by atoms with E-state index in [2.05, 4.69) is 11.5 Å². The van der Waals surface area contributed by atoms with Crippen LogP contribution in [0.5, 0.6) is 23.1 Å². The van der Waals surface area contributed by atoms with E-state index in [0.717, 1.165) is 46.4 Å². The zero-order chi connectivity index (χ0) is 28.7. The zero-order valence-electron chi connectivity index (χ0n) is 24.2. The van der Waals surface area contributed by atoms with Crippen LogP contribution >= 0.6 is 0 Å². The fourth-order valence-corrected chi connectivity index (χ4v) is 5.66. The Morgan fingerprint density at radius 3 is 2.37 bits per heavy atom. The van der Waals surface area contributed by atoms with E-state index in [4.69, 9.17) is 28.9 Å². The fraction of sp³-hybridized carbons (Fsp3) is 0.406. The predicted molar refractivity (Wildman–Crippen MR) is 156 cm³/mol. The van der Waals surface area contributed by atoms with Crippen LogP contribution in [0, 0.1) is 5.92 Å². The average molecular weight is 557 g/mol. The number of likely N-dealkylation sites (tertiary alicyclic amines) is 1. The molecule has 0 N–H and O–H groups in total. The first kappa shape index (κ1) is 26.9. The molecule has 9 heteroatoms. The summed E-state index contributed by atoms with van der Waals surface area (Å²) < 4.78 is 25.1. The Labute approximate surface area is 240 Å². The Hall–Kier alpha value is -4.27. The SMILES string of the molecule is COc1ccc([C@@H](C)N2CC([C@@H](C)Oc3nc(-c4ccc(OC)c(OC)c4)cc4ncn(C5CC5)c34)CC2=O)cc1. The van der Waals surface area contributed by atoms with E-state index >= 15 is 0 Å². The van der Waals surface area contributed by atoms with Crippen molar-refractivity contribution in [3.8, 4) is 34.4 Å². The van der Waals surface area contributed by atoms with Crippen molar-refractivity contribution in [2.45, 2.75) is 51.3 Å². The van der Waals surface area contributed by atoms with E-state index in [1.165, 1.54) is 0 Å². The lowest BCUT2D eigenvalue weighted by Crippen LogP contribution is -2.31. The van der Waals surface area contributed by atoms with Gasteiger partial charge in [0.15, 0.2) is 11.5 Å². The zero-order valence-corrected chi connectivity index (χ0v) is 24.2. The number of imidazole rings is 1. The minimum atomic E-state index is -0.231. The minimum absolute atomic E-state index is 0.0297. The third-order valence-electron chi connectivity index (χ3n) is 8.36. The molecule has 1 saturated heterocycles. The lowest BCUT2D eigenvalue weighted by atomic mass is 10.0. The summed E-state index contributed by atoms with van der Waals surface area (Å²) >= 11 is 0. The Balaban J connectivity index is 1.28. The van der Waals surface area contributed by atoms with Gasteiger partial charge in [-0.25, -0.2) is 9.97 Å². The van der Waals surface area contributed by atoms with Gasteiger partial charge in [0.2, 0.25) is 11.8 Å². The summed E-state index contributed by atoms with van der Waals surface area (Å²) in [5.41, 5.74) is 4.41. The van der Waals surface area contributed by atoms with Gasteiger partial charge in [-0.3, -0.25) is 4.79 Å².